The van der Waals surface area contributed by atoms with Crippen molar-refractivity contribution >= 4 is 35.2 Å². The third-order valence-corrected chi connectivity index (χ3v) is 5.99. The largest absolute Gasteiger partial charge is 0.405 e. The van der Waals surface area contributed by atoms with Crippen molar-refractivity contribution in [1.29, 1.82) is 0 Å². The molecule has 0 saturated carbocycles. The van der Waals surface area contributed by atoms with Crippen LogP contribution in [0.1, 0.15) is 25.0 Å². The number of hydrogen-bond donors (Lipinski definition) is 0. The van der Waals surface area contributed by atoms with E-state index in [0.717, 1.165) is 5.56 Å². The molecule has 0 fully saturated rings. The number of cyclic esters (lactones) is 1. The summed E-state index contributed by atoms with van der Waals surface area (Å²) in [6.07, 6.45) is 0. The average molecular weight is 378 g/mol. The van der Waals surface area contributed by atoms with Crippen molar-refractivity contribution in [2.75, 3.05) is 0 Å². The molecular weight excluding hydrogens is 361 g/mol. The van der Waals surface area contributed by atoms with E-state index in [1.807, 2.05) is 26.0 Å². The van der Waals surface area contributed by atoms with E-state index in [-0.39, 0.29) is 17.6 Å². The lowest BCUT2D eigenvalue weighted by atomic mass is 10.1. The van der Waals surface area contributed by atoms with Crippen LogP contribution in [0.15, 0.2) is 53.5 Å². The van der Waals surface area contributed by atoms with Crippen molar-refractivity contribution in [2.24, 2.45) is 10.9 Å². The number of nitrogens with zero attached hydrogens (tertiary/aromatic N) is 1. The van der Waals surface area contributed by atoms with Gasteiger partial charge in [-0.05, 0) is 35.7 Å². The quantitative estimate of drug-likeness (QED) is 0.683. The molecule has 2 aromatic rings. The van der Waals surface area contributed by atoms with Gasteiger partial charge in [-0.3, -0.25) is 0 Å². The fourth-order valence-electron chi connectivity index (χ4n) is 2.53. The first-order valence-electron chi connectivity index (χ1n) is 7.88. The minimum Gasteiger partial charge on any atom is -0.405 e. The van der Waals surface area contributed by atoms with Gasteiger partial charge in [0.2, 0.25) is 10.8 Å². The summed E-state index contributed by atoms with van der Waals surface area (Å²) in [4.78, 5) is 16.2. The van der Waals surface area contributed by atoms with Crippen LogP contribution in [-0.2, 0) is 15.3 Å². The Labute approximate surface area is 155 Å². The number of halogens is 2. The number of carbonyl (C=O) groups is 1. The van der Waals surface area contributed by atoms with E-state index in [0.29, 0.717) is 16.3 Å². The normalized spacial score (nSPS) is 19.9. The van der Waals surface area contributed by atoms with Gasteiger partial charge in [-0.1, -0.05) is 49.7 Å². The standard InChI is InChI=1S/C19H17ClFNO2S/c1-12(2)19(25-11-13-7-9-14(21)10-8-13)18(23)24-17(22-19)15-5-3-4-6-16(15)20/h3-10,12H,11H2,1-2H3/t19-/m1/s1. The smallest absolute Gasteiger partial charge is 0.351 e. The Kier molecular flexibility index (Phi) is 5.16. The number of aliphatic imine (C=N–C) groups is 1. The van der Waals surface area contributed by atoms with Gasteiger partial charge in [0.25, 0.3) is 0 Å². The summed E-state index contributed by atoms with van der Waals surface area (Å²) >= 11 is 7.58. The molecule has 0 radical (unpaired) electrons. The van der Waals surface area contributed by atoms with E-state index in [9.17, 15) is 9.18 Å². The molecule has 0 saturated heterocycles. The van der Waals surface area contributed by atoms with Gasteiger partial charge in [-0.2, -0.15) is 0 Å². The molecule has 130 valence electrons. The van der Waals surface area contributed by atoms with Crippen molar-refractivity contribution in [3.8, 4) is 0 Å². The molecule has 3 rings (SSSR count). The number of carbonyl (C=O) groups excluding carboxylic acids is 1. The maximum Gasteiger partial charge on any atom is 0.351 e. The van der Waals surface area contributed by atoms with Crippen molar-refractivity contribution < 1.29 is 13.9 Å². The molecule has 1 heterocycles. The van der Waals surface area contributed by atoms with E-state index in [4.69, 9.17) is 16.3 Å². The van der Waals surface area contributed by atoms with Crippen LogP contribution in [0.25, 0.3) is 0 Å². The fraction of sp³-hybridized carbons (Fsp3) is 0.263. The van der Waals surface area contributed by atoms with Gasteiger partial charge in [0.05, 0.1) is 10.6 Å². The summed E-state index contributed by atoms with van der Waals surface area (Å²) in [6, 6.07) is 13.3. The summed E-state index contributed by atoms with van der Waals surface area (Å²) in [5.74, 6) is 0.00449. The summed E-state index contributed by atoms with van der Waals surface area (Å²) in [5, 5.41) is 0.483. The third-order valence-electron chi connectivity index (χ3n) is 4.01. The van der Waals surface area contributed by atoms with Crippen LogP contribution in [-0.4, -0.2) is 16.7 Å². The Bertz CT molecular complexity index is 822. The second-order valence-electron chi connectivity index (χ2n) is 6.05. The second kappa shape index (κ2) is 7.18. The van der Waals surface area contributed by atoms with Gasteiger partial charge in [0.1, 0.15) is 5.82 Å². The third kappa shape index (κ3) is 3.58. The average Bonchev–Trinajstić information content (AvgIpc) is 2.92. The Hall–Kier alpha value is -1.85. The van der Waals surface area contributed by atoms with Crippen LogP contribution < -0.4 is 0 Å². The van der Waals surface area contributed by atoms with Gasteiger partial charge in [0.15, 0.2) is 0 Å². The summed E-state index contributed by atoms with van der Waals surface area (Å²) in [7, 11) is 0. The van der Waals surface area contributed by atoms with Gasteiger partial charge in [-0.25, -0.2) is 14.2 Å². The molecule has 0 amide bonds. The van der Waals surface area contributed by atoms with Crippen molar-refractivity contribution in [3.63, 3.8) is 0 Å². The zero-order valence-electron chi connectivity index (χ0n) is 13.8. The van der Waals surface area contributed by atoms with Gasteiger partial charge in [-0.15, -0.1) is 11.8 Å². The molecule has 1 aliphatic heterocycles. The topological polar surface area (TPSA) is 38.7 Å². The number of hydrogen-bond acceptors (Lipinski definition) is 4. The first kappa shape index (κ1) is 18.0. The van der Waals surface area contributed by atoms with Crippen LogP contribution in [0, 0.1) is 11.7 Å². The lowest BCUT2D eigenvalue weighted by Crippen LogP contribution is -2.36. The highest BCUT2D eigenvalue weighted by molar-refractivity contribution is 8.00. The van der Waals surface area contributed by atoms with E-state index in [1.54, 1.807) is 24.3 Å². The number of rotatable bonds is 5. The first-order chi connectivity index (χ1) is 11.9. The molecule has 1 atom stereocenters. The van der Waals surface area contributed by atoms with Crippen LogP contribution in [0.2, 0.25) is 5.02 Å². The summed E-state index contributed by atoms with van der Waals surface area (Å²) in [6.45, 7) is 3.86. The van der Waals surface area contributed by atoms with Gasteiger partial charge >= 0.3 is 5.97 Å². The van der Waals surface area contributed by atoms with Gasteiger partial charge in [0, 0.05) is 5.75 Å². The number of benzene rings is 2. The molecule has 1 aliphatic rings. The maximum absolute atomic E-state index is 13.1. The maximum atomic E-state index is 13.1. The number of ether oxygens (including phenoxy) is 1. The summed E-state index contributed by atoms with van der Waals surface area (Å²) < 4.78 is 18.5. The Morgan fingerprint density at radius 3 is 2.52 bits per heavy atom. The van der Waals surface area contributed by atoms with Gasteiger partial charge < -0.3 is 4.74 Å². The van der Waals surface area contributed by atoms with Crippen molar-refractivity contribution in [3.05, 3.63) is 70.5 Å². The molecule has 0 N–H and O–H groups in total. The molecule has 2 aromatic carbocycles. The van der Waals surface area contributed by atoms with E-state index < -0.39 is 10.8 Å². The van der Waals surface area contributed by atoms with Crippen molar-refractivity contribution in [1.82, 2.24) is 0 Å². The molecule has 25 heavy (non-hydrogen) atoms. The fourth-order valence-corrected chi connectivity index (χ4v) is 3.96. The van der Waals surface area contributed by atoms with Crippen LogP contribution in [0.5, 0.6) is 0 Å². The SMILES string of the molecule is CC(C)[C@]1(SCc2ccc(F)cc2)N=C(c2ccccc2Cl)OC1=O. The zero-order valence-corrected chi connectivity index (χ0v) is 15.4. The second-order valence-corrected chi connectivity index (χ2v) is 7.66. The minimum absolute atomic E-state index is 0.0783. The molecule has 0 aliphatic carbocycles. The first-order valence-corrected chi connectivity index (χ1v) is 9.24. The number of esters is 1. The van der Waals surface area contributed by atoms with Crippen LogP contribution >= 0.6 is 23.4 Å². The lowest BCUT2D eigenvalue weighted by Gasteiger charge is -2.25. The summed E-state index contributed by atoms with van der Waals surface area (Å²) in [5.41, 5.74) is 1.52. The highest BCUT2D eigenvalue weighted by Gasteiger charge is 2.49. The molecule has 3 nitrogen and oxygen atoms in total. The Morgan fingerprint density at radius 2 is 1.88 bits per heavy atom. The predicted octanol–water partition coefficient (Wildman–Crippen LogP) is 5.07. The number of thioether (sulfide) groups is 1. The lowest BCUT2D eigenvalue weighted by molar-refractivity contribution is -0.137. The van der Waals surface area contributed by atoms with Crippen LogP contribution in [0.3, 0.4) is 0 Å². The molecule has 6 heteroatoms. The van der Waals surface area contributed by atoms with E-state index >= 15 is 0 Å². The Morgan fingerprint density at radius 1 is 1.20 bits per heavy atom. The monoisotopic (exact) mass is 377 g/mol. The molecule has 0 aromatic heterocycles. The minimum atomic E-state index is -1.04. The highest BCUT2D eigenvalue weighted by Crippen LogP contribution is 2.42. The zero-order chi connectivity index (χ0) is 18.0. The predicted molar refractivity (Wildman–Crippen MR) is 99.3 cm³/mol. The highest BCUT2D eigenvalue weighted by atomic mass is 35.5. The van der Waals surface area contributed by atoms with Crippen molar-refractivity contribution in [2.45, 2.75) is 24.5 Å². The molecule has 0 unspecified atom stereocenters. The van der Waals surface area contributed by atoms with E-state index in [2.05, 4.69) is 4.99 Å². The van der Waals surface area contributed by atoms with Crippen LogP contribution in [0.4, 0.5) is 4.39 Å². The molecular formula is C19H17ClFNO2S. The Balaban J connectivity index is 1.89. The molecule has 0 spiro atoms. The molecule has 0 bridgehead atoms. The van der Waals surface area contributed by atoms with E-state index in [1.165, 1.54) is 23.9 Å².